The zero-order chi connectivity index (χ0) is 20.1. The lowest BCUT2D eigenvalue weighted by molar-refractivity contribution is -0.122. The minimum Gasteiger partial charge on any atom is -0.483 e. The van der Waals surface area contributed by atoms with Crippen LogP contribution in [-0.2, 0) is 11.3 Å². The van der Waals surface area contributed by atoms with Crippen molar-refractivity contribution in [2.24, 2.45) is 0 Å². The molecule has 1 atom stereocenters. The Hall–Kier alpha value is -3.45. The number of nitrogens with one attached hydrogen (secondary N) is 1. The van der Waals surface area contributed by atoms with Crippen LogP contribution in [0.2, 0.25) is 0 Å². The van der Waals surface area contributed by atoms with Crippen LogP contribution in [0.5, 0.6) is 0 Å². The van der Waals surface area contributed by atoms with Gasteiger partial charge in [0.05, 0.1) is 12.0 Å². The van der Waals surface area contributed by atoms with Gasteiger partial charge in [0.15, 0.2) is 0 Å². The van der Waals surface area contributed by atoms with E-state index in [0.717, 1.165) is 41.9 Å². The average molecular weight is 390 g/mol. The van der Waals surface area contributed by atoms with Crippen molar-refractivity contribution in [1.29, 1.82) is 0 Å². The number of nitrogens with zero attached hydrogens (tertiary/aromatic N) is 3. The van der Waals surface area contributed by atoms with Crippen molar-refractivity contribution in [2.45, 2.75) is 18.9 Å². The maximum absolute atomic E-state index is 8.36. The van der Waals surface area contributed by atoms with E-state index in [-0.39, 0.29) is 6.47 Å². The van der Waals surface area contributed by atoms with Gasteiger partial charge in [0.2, 0.25) is 0 Å². The first-order valence-electron chi connectivity index (χ1n) is 9.49. The van der Waals surface area contributed by atoms with E-state index < -0.39 is 0 Å². The summed E-state index contributed by atoms with van der Waals surface area (Å²) in [6, 6.07) is 14.7. The summed E-state index contributed by atoms with van der Waals surface area (Å²) in [5.41, 5.74) is 5.56. The molecule has 4 aromatic rings. The first-order chi connectivity index (χ1) is 14.3. The molecule has 0 aliphatic carbocycles. The number of carboxylic acid groups (broad SMARTS) is 1. The van der Waals surface area contributed by atoms with Crippen molar-refractivity contribution in [3.8, 4) is 11.3 Å². The molecule has 148 valence electrons. The number of benzene rings is 1. The number of hydrogen-bond donors (Lipinski definition) is 2. The molecule has 1 fully saturated rings. The number of aromatic amines is 1. The summed E-state index contributed by atoms with van der Waals surface area (Å²) in [4.78, 5) is 15.5. The van der Waals surface area contributed by atoms with Gasteiger partial charge in [0.1, 0.15) is 5.58 Å². The van der Waals surface area contributed by atoms with Crippen molar-refractivity contribution in [3.63, 3.8) is 0 Å². The van der Waals surface area contributed by atoms with Crippen molar-refractivity contribution < 1.29 is 14.3 Å². The van der Waals surface area contributed by atoms with Crippen molar-refractivity contribution in [3.05, 3.63) is 72.4 Å². The number of rotatable bonds is 4. The van der Waals surface area contributed by atoms with Crippen LogP contribution in [0.25, 0.3) is 22.2 Å². The summed E-state index contributed by atoms with van der Waals surface area (Å²) in [5.74, 6) is 0.557. The van der Waals surface area contributed by atoms with Gasteiger partial charge in [0.25, 0.3) is 6.47 Å². The Labute approximate surface area is 168 Å². The lowest BCUT2D eigenvalue weighted by Crippen LogP contribution is -2.19. The predicted molar refractivity (Wildman–Crippen MR) is 109 cm³/mol. The number of pyridine rings is 1. The Bertz CT molecular complexity index is 1070. The smallest absolute Gasteiger partial charge is 0.290 e. The van der Waals surface area contributed by atoms with Crippen LogP contribution in [0.4, 0.5) is 0 Å². The summed E-state index contributed by atoms with van der Waals surface area (Å²) in [7, 11) is 0. The van der Waals surface area contributed by atoms with Crippen molar-refractivity contribution in [2.75, 3.05) is 13.1 Å². The molecule has 7 heteroatoms. The third kappa shape index (κ3) is 4.20. The molecule has 4 heterocycles. The lowest BCUT2D eigenvalue weighted by Gasteiger charge is -2.16. The van der Waals surface area contributed by atoms with Crippen LogP contribution in [0.1, 0.15) is 23.6 Å². The van der Waals surface area contributed by atoms with Crippen LogP contribution < -0.4 is 0 Å². The fraction of sp³-hybridized carbons (Fsp3) is 0.227. The largest absolute Gasteiger partial charge is 0.483 e. The number of H-pyrrole nitrogens is 1. The highest BCUT2D eigenvalue weighted by Crippen LogP contribution is 2.30. The van der Waals surface area contributed by atoms with E-state index in [1.54, 1.807) is 6.26 Å². The summed E-state index contributed by atoms with van der Waals surface area (Å²) >= 11 is 0. The Kier molecular flexibility index (Phi) is 5.67. The van der Waals surface area contributed by atoms with Gasteiger partial charge in [-0.05, 0) is 42.8 Å². The molecule has 1 unspecified atom stereocenters. The minimum absolute atomic E-state index is 0.250. The van der Waals surface area contributed by atoms with Crippen LogP contribution in [-0.4, -0.2) is 44.7 Å². The molecule has 0 saturated carbocycles. The molecular weight excluding hydrogens is 368 g/mol. The molecule has 1 aliphatic heterocycles. The number of furan rings is 1. The van der Waals surface area contributed by atoms with Crippen molar-refractivity contribution >= 4 is 17.4 Å². The standard InChI is InChI=1S/C21H20N4O.CH2O2/c1-2-15(13-25-10-6-17(14-25)19-4-9-23-24-19)12-16(3-1)21-18-7-11-26-20(18)5-8-22-21;2-1-3/h1-5,7-9,11-12,17H,6,10,13-14H2,(H,23,24);1H,(H,2,3). The van der Waals surface area contributed by atoms with Gasteiger partial charge in [-0.25, -0.2) is 0 Å². The molecule has 1 aromatic carbocycles. The second-order valence-corrected chi connectivity index (χ2v) is 7.03. The summed E-state index contributed by atoms with van der Waals surface area (Å²) in [5, 5.41) is 15.1. The van der Waals surface area contributed by atoms with Gasteiger partial charge in [-0.15, -0.1) is 0 Å². The molecule has 7 nitrogen and oxygen atoms in total. The summed E-state index contributed by atoms with van der Waals surface area (Å²) < 4.78 is 5.51. The van der Waals surface area contributed by atoms with Crippen LogP contribution >= 0.6 is 0 Å². The highest BCUT2D eigenvalue weighted by molar-refractivity contribution is 5.91. The normalized spacial score (nSPS) is 16.5. The van der Waals surface area contributed by atoms with E-state index in [4.69, 9.17) is 14.3 Å². The van der Waals surface area contributed by atoms with E-state index >= 15 is 0 Å². The highest BCUT2D eigenvalue weighted by Gasteiger charge is 2.24. The topological polar surface area (TPSA) is 95.2 Å². The number of likely N-dealkylation sites (tertiary alicyclic amines) is 1. The Morgan fingerprint density at radius 1 is 1.24 bits per heavy atom. The molecule has 1 aliphatic rings. The van der Waals surface area contributed by atoms with Crippen LogP contribution in [0, 0.1) is 0 Å². The Morgan fingerprint density at radius 2 is 2.14 bits per heavy atom. The van der Waals surface area contributed by atoms with Gasteiger partial charge in [-0.2, -0.15) is 5.10 Å². The fourth-order valence-electron chi connectivity index (χ4n) is 3.92. The SMILES string of the molecule is O=CO.c1cc(CN2CCC(c3ccn[nH]3)C2)cc(-c2nccc3occc23)c1. The summed E-state index contributed by atoms with van der Waals surface area (Å²) in [6.45, 7) is 2.89. The maximum atomic E-state index is 8.36. The zero-order valence-electron chi connectivity index (χ0n) is 15.9. The first kappa shape index (κ1) is 18.9. The Morgan fingerprint density at radius 3 is 2.97 bits per heavy atom. The molecular formula is C22H22N4O3. The minimum atomic E-state index is -0.250. The van der Waals surface area contributed by atoms with E-state index in [2.05, 4.69) is 50.4 Å². The second-order valence-electron chi connectivity index (χ2n) is 7.03. The maximum Gasteiger partial charge on any atom is 0.290 e. The molecule has 3 aromatic heterocycles. The second kappa shape index (κ2) is 8.70. The number of hydrogen-bond acceptors (Lipinski definition) is 5. The number of fused-ring (bicyclic) bond motifs is 1. The van der Waals surface area contributed by atoms with E-state index in [9.17, 15) is 0 Å². The van der Waals surface area contributed by atoms with Crippen molar-refractivity contribution in [1.82, 2.24) is 20.1 Å². The van der Waals surface area contributed by atoms with Crippen LogP contribution in [0.3, 0.4) is 0 Å². The molecule has 2 N–H and O–H groups in total. The quantitative estimate of drug-likeness (QED) is 0.513. The first-order valence-corrected chi connectivity index (χ1v) is 9.49. The van der Waals surface area contributed by atoms with Gasteiger partial charge >= 0.3 is 0 Å². The molecule has 0 radical (unpaired) electrons. The third-order valence-electron chi connectivity index (χ3n) is 5.22. The third-order valence-corrected chi connectivity index (χ3v) is 5.22. The van der Waals surface area contributed by atoms with E-state index in [1.165, 1.54) is 17.7 Å². The highest BCUT2D eigenvalue weighted by atomic mass is 16.3. The van der Waals surface area contributed by atoms with Crippen LogP contribution in [0.15, 0.2) is 65.5 Å². The number of carbonyl (C=O) groups is 1. The predicted octanol–water partition coefficient (Wildman–Crippen LogP) is 3.91. The monoisotopic (exact) mass is 390 g/mol. The van der Waals surface area contributed by atoms with Gasteiger partial charge in [-0.1, -0.05) is 18.2 Å². The van der Waals surface area contributed by atoms with Gasteiger partial charge in [0, 0.05) is 48.0 Å². The molecule has 0 spiro atoms. The van der Waals surface area contributed by atoms with E-state index in [0.29, 0.717) is 5.92 Å². The number of aromatic nitrogens is 3. The van der Waals surface area contributed by atoms with Gasteiger partial charge in [-0.3, -0.25) is 19.8 Å². The molecule has 0 bridgehead atoms. The molecule has 0 amide bonds. The lowest BCUT2D eigenvalue weighted by atomic mass is 10.0. The summed E-state index contributed by atoms with van der Waals surface area (Å²) in [6.07, 6.45) is 6.55. The fourth-order valence-corrected chi connectivity index (χ4v) is 3.92. The van der Waals surface area contributed by atoms with E-state index in [1.807, 2.05) is 24.5 Å². The Balaban J connectivity index is 0.000000645. The zero-order valence-corrected chi connectivity index (χ0v) is 15.9. The van der Waals surface area contributed by atoms with Gasteiger partial charge < -0.3 is 9.52 Å². The molecule has 29 heavy (non-hydrogen) atoms. The molecule has 1 saturated heterocycles. The average Bonchev–Trinajstić information content (AvgIpc) is 3.49. The molecule has 5 rings (SSSR count).